The minimum atomic E-state index is 1.14. The van der Waals surface area contributed by atoms with Crippen LogP contribution >= 0.6 is 0 Å². The highest BCUT2D eigenvalue weighted by Gasteiger charge is 2.24. The van der Waals surface area contributed by atoms with Gasteiger partial charge in [0.25, 0.3) is 0 Å². The molecule has 1 aromatic carbocycles. The summed E-state index contributed by atoms with van der Waals surface area (Å²) in [4.78, 5) is 0. The number of unbranched alkanes of at least 4 members (excludes halogenated alkanes) is 4. The molecule has 0 amide bonds. The molecule has 0 fully saturated rings. The van der Waals surface area contributed by atoms with Gasteiger partial charge in [-0.15, -0.1) is 0 Å². The molecule has 0 aliphatic heterocycles. The van der Waals surface area contributed by atoms with Crippen molar-refractivity contribution in [1.29, 1.82) is 0 Å². The van der Waals surface area contributed by atoms with E-state index in [-0.39, 0.29) is 0 Å². The Morgan fingerprint density at radius 2 is 0.920 bits per heavy atom. The molecule has 1 rings (SSSR count). The number of benzene rings is 1. The fourth-order valence-corrected chi connectivity index (χ4v) is 3.36. The van der Waals surface area contributed by atoms with Gasteiger partial charge in [0, 0.05) is 0 Å². The molecule has 0 unspecified atom stereocenters. The van der Waals surface area contributed by atoms with E-state index < -0.39 is 0 Å². The van der Waals surface area contributed by atoms with E-state index in [4.69, 9.17) is 0 Å². The highest BCUT2D eigenvalue weighted by molar-refractivity contribution is 5.13. The van der Waals surface area contributed by atoms with E-state index in [2.05, 4.69) is 58.9 Å². The molecule has 0 atom stereocenters. The average molecular weight is 349 g/mol. The second-order valence-corrected chi connectivity index (χ2v) is 7.49. The fraction of sp³-hybridized carbons (Fsp3) is 0.750. The van der Waals surface area contributed by atoms with Crippen molar-refractivity contribution in [3.05, 3.63) is 35.9 Å². The maximum atomic E-state index is 2.33. The van der Waals surface area contributed by atoms with E-state index in [0.717, 1.165) is 6.42 Å². The first-order chi connectivity index (χ1) is 12.2. The first-order valence-corrected chi connectivity index (χ1v) is 11.1. The number of hydrogen-bond acceptors (Lipinski definition) is 0. The second-order valence-electron chi connectivity index (χ2n) is 7.49. The minimum Gasteiger partial charge on any atom is -0.324 e. The molecule has 0 aromatic heterocycles. The van der Waals surface area contributed by atoms with Crippen LogP contribution in [0.3, 0.4) is 0 Å². The van der Waals surface area contributed by atoms with Gasteiger partial charge in [-0.25, -0.2) is 0 Å². The molecule has 1 nitrogen and oxygen atoms in total. The lowest BCUT2D eigenvalue weighted by Crippen LogP contribution is -2.50. The topological polar surface area (TPSA) is 0 Å². The summed E-state index contributed by atoms with van der Waals surface area (Å²) in [5.41, 5.74) is 1.41. The molecule has 0 spiro atoms. The summed E-state index contributed by atoms with van der Waals surface area (Å²) in [6, 6.07) is 10.5. The van der Waals surface area contributed by atoms with Crippen molar-refractivity contribution in [3.8, 4) is 0 Å². The number of quaternary nitrogens is 1. The Kier molecular flexibility index (Phi) is 16.1. The Hall–Kier alpha value is -0.820. The van der Waals surface area contributed by atoms with Crippen LogP contribution in [0, 0.1) is 0 Å². The summed E-state index contributed by atoms with van der Waals surface area (Å²) in [5.74, 6) is 0. The van der Waals surface area contributed by atoms with E-state index in [9.17, 15) is 0 Å². The molecule has 0 aliphatic carbocycles. The second kappa shape index (κ2) is 16.6. The van der Waals surface area contributed by atoms with Crippen LogP contribution in [0.5, 0.6) is 0 Å². The molecular formula is C24H46N+. The van der Waals surface area contributed by atoms with Gasteiger partial charge in [-0.2, -0.15) is 0 Å². The fourth-order valence-electron chi connectivity index (χ4n) is 3.36. The summed E-state index contributed by atoms with van der Waals surface area (Å²) in [5, 5.41) is 0. The van der Waals surface area contributed by atoms with Gasteiger partial charge in [-0.05, 0) is 37.7 Å². The maximum absolute atomic E-state index is 2.33. The van der Waals surface area contributed by atoms with Crippen molar-refractivity contribution in [2.75, 3.05) is 26.2 Å². The van der Waals surface area contributed by atoms with Crippen LogP contribution in [0.15, 0.2) is 30.3 Å². The lowest BCUT2D eigenvalue weighted by molar-refractivity contribution is -0.929. The van der Waals surface area contributed by atoms with E-state index in [1.54, 1.807) is 0 Å². The van der Waals surface area contributed by atoms with E-state index >= 15 is 0 Å². The van der Waals surface area contributed by atoms with Gasteiger partial charge in [0.2, 0.25) is 0 Å². The Morgan fingerprint density at radius 3 is 1.16 bits per heavy atom. The highest BCUT2D eigenvalue weighted by Crippen LogP contribution is 2.16. The molecule has 0 saturated heterocycles. The zero-order valence-corrected chi connectivity index (χ0v) is 18.0. The predicted molar refractivity (Wildman–Crippen MR) is 115 cm³/mol. The first kappa shape index (κ1) is 24.2. The summed E-state index contributed by atoms with van der Waals surface area (Å²) in [6.45, 7) is 17.2. The summed E-state index contributed by atoms with van der Waals surface area (Å²) >= 11 is 0. The molecule has 25 heavy (non-hydrogen) atoms. The lowest BCUT2D eigenvalue weighted by Gasteiger charge is -2.39. The van der Waals surface area contributed by atoms with Crippen LogP contribution in [-0.2, 0) is 6.42 Å². The van der Waals surface area contributed by atoms with Crippen molar-refractivity contribution in [2.45, 2.75) is 92.4 Å². The standard InChI is InChI=1S/C16H36N.C8H10/c1-5-9-13-17(14-10-6-2,15-11-7-3)16-12-8-4;1-2-8-6-4-3-5-7-8/h5-16H2,1-4H3;3-7H,2H2,1H3/q+1;. The third-order valence-corrected chi connectivity index (χ3v) is 5.20. The lowest BCUT2D eigenvalue weighted by atomic mass is 10.1. The van der Waals surface area contributed by atoms with Crippen LogP contribution in [-0.4, -0.2) is 30.7 Å². The normalized spacial score (nSPS) is 11.1. The molecule has 1 heteroatoms. The Bertz CT molecular complexity index is 333. The van der Waals surface area contributed by atoms with Crippen LogP contribution in [0.1, 0.15) is 91.5 Å². The van der Waals surface area contributed by atoms with E-state index in [1.807, 2.05) is 6.07 Å². The molecule has 0 heterocycles. The molecule has 146 valence electrons. The first-order valence-electron chi connectivity index (χ1n) is 11.1. The summed E-state index contributed by atoms with van der Waals surface area (Å²) in [6.07, 6.45) is 12.2. The van der Waals surface area contributed by atoms with Crippen LogP contribution in [0.2, 0.25) is 0 Å². The van der Waals surface area contributed by atoms with Gasteiger partial charge in [0.1, 0.15) is 0 Å². The molecule has 0 bridgehead atoms. The third-order valence-electron chi connectivity index (χ3n) is 5.20. The SMILES string of the molecule is CCCC[N+](CCCC)(CCCC)CCCC.CCc1ccccc1. The highest BCUT2D eigenvalue weighted by atomic mass is 15.3. The molecule has 0 saturated carbocycles. The Balaban J connectivity index is 0.000000593. The number of hydrogen-bond donors (Lipinski definition) is 0. The Labute approximate surface area is 159 Å². The zero-order chi connectivity index (χ0) is 18.8. The summed E-state index contributed by atoms with van der Waals surface area (Å²) in [7, 11) is 0. The van der Waals surface area contributed by atoms with Crippen molar-refractivity contribution >= 4 is 0 Å². The largest absolute Gasteiger partial charge is 0.324 e. The van der Waals surface area contributed by atoms with Gasteiger partial charge in [-0.3, -0.25) is 0 Å². The van der Waals surface area contributed by atoms with Crippen LogP contribution < -0.4 is 0 Å². The molecule has 1 aromatic rings. The number of rotatable bonds is 13. The zero-order valence-electron chi connectivity index (χ0n) is 18.0. The van der Waals surface area contributed by atoms with Gasteiger partial charge < -0.3 is 4.48 Å². The van der Waals surface area contributed by atoms with Crippen molar-refractivity contribution < 1.29 is 4.48 Å². The smallest absolute Gasteiger partial charge is 0.0786 e. The summed E-state index contributed by atoms with van der Waals surface area (Å²) < 4.78 is 1.42. The van der Waals surface area contributed by atoms with Crippen molar-refractivity contribution in [2.24, 2.45) is 0 Å². The van der Waals surface area contributed by atoms with E-state index in [0.29, 0.717) is 0 Å². The van der Waals surface area contributed by atoms with Gasteiger partial charge in [-0.1, -0.05) is 90.6 Å². The maximum Gasteiger partial charge on any atom is 0.0786 e. The number of aryl methyl sites for hydroxylation is 1. The van der Waals surface area contributed by atoms with Crippen molar-refractivity contribution in [3.63, 3.8) is 0 Å². The monoisotopic (exact) mass is 348 g/mol. The average Bonchev–Trinajstić information content (AvgIpc) is 2.68. The van der Waals surface area contributed by atoms with Gasteiger partial charge >= 0.3 is 0 Å². The van der Waals surface area contributed by atoms with Crippen LogP contribution in [0.4, 0.5) is 0 Å². The van der Waals surface area contributed by atoms with Crippen LogP contribution in [0.25, 0.3) is 0 Å². The molecule has 0 radical (unpaired) electrons. The van der Waals surface area contributed by atoms with Gasteiger partial charge in [0.15, 0.2) is 0 Å². The molecule has 0 aliphatic rings. The quantitative estimate of drug-likeness (QED) is 0.329. The molecule has 0 N–H and O–H groups in total. The molecular weight excluding hydrogens is 302 g/mol. The van der Waals surface area contributed by atoms with Gasteiger partial charge in [0.05, 0.1) is 26.2 Å². The minimum absolute atomic E-state index is 1.14. The predicted octanol–water partition coefficient (Wildman–Crippen LogP) is 7.25. The number of nitrogens with zero attached hydrogens (tertiary/aromatic N) is 1. The third kappa shape index (κ3) is 12.2. The Morgan fingerprint density at radius 1 is 0.560 bits per heavy atom. The van der Waals surface area contributed by atoms with Crippen molar-refractivity contribution in [1.82, 2.24) is 0 Å². The van der Waals surface area contributed by atoms with E-state index in [1.165, 1.54) is 87.6 Å².